The first kappa shape index (κ1) is 24.1. The van der Waals surface area contributed by atoms with Crippen LogP contribution in [0.25, 0.3) is 10.2 Å². The maximum absolute atomic E-state index is 11.6. The first-order valence-corrected chi connectivity index (χ1v) is 14.5. The highest BCUT2D eigenvalue weighted by Crippen LogP contribution is 2.46. The van der Waals surface area contributed by atoms with Crippen LogP contribution >= 0.6 is 11.3 Å². The molecule has 3 saturated heterocycles. The second kappa shape index (κ2) is 9.67. The van der Waals surface area contributed by atoms with Crippen LogP contribution in [0.3, 0.4) is 0 Å². The topological polar surface area (TPSA) is 97.9 Å². The Bertz CT molecular complexity index is 1400. The van der Waals surface area contributed by atoms with E-state index >= 15 is 0 Å². The van der Waals surface area contributed by atoms with Gasteiger partial charge in [0.2, 0.25) is 0 Å². The van der Waals surface area contributed by atoms with Crippen molar-refractivity contribution in [1.29, 1.82) is 0 Å². The largest absolute Gasteiger partial charge is 0.478 e. The monoisotopic (exact) mass is 533 g/mol. The van der Waals surface area contributed by atoms with E-state index in [-0.39, 0.29) is 11.7 Å². The number of hydrogen-bond donors (Lipinski definition) is 1. The maximum Gasteiger partial charge on any atom is 0.335 e. The number of thiazole rings is 1. The summed E-state index contributed by atoms with van der Waals surface area (Å²) in [5.74, 6) is 3.59. The highest BCUT2D eigenvalue weighted by Gasteiger charge is 2.43. The van der Waals surface area contributed by atoms with Crippen molar-refractivity contribution in [3.8, 4) is 12.3 Å². The molecule has 1 aromatic carbocycles. The normalized spacial score (nSPS) is 25.7. The summed E-state index contributed by atoms with van der Waals surface area (Å²) < 4.78 is 18.9. The summed E-state index contributed by atoms with van der Waals surface area (Å²) in [5, 5.41) is 14.9. The number of hydrogen-bond acceptors (Lipinski definition) is 8. The zero-order chi connectivity index (χ0) is 25.8. The van der Waals surface area contributed by atoms with Crippen molar-refractivity contribution in [3.05, 3.63) is 40.3 Å². The van der Waals surface area contributed by atoms with Crippen molar-refractivity contribution in [3.63, 3.8) is 0 Å². The molecule has 4 fully saturated rings. The molecule has 2 unspecified atom stereocenters. The molecule has 5 heterocycles. The van der Waals surface area contributed by atoms with E-state index in [1.165, 1.54) is 35.8 Å². The number of terminal acetylenes is 1. The summed E-state index contributed by atoms with van der Waals surface area (Å²) in [6.07, 6.45) is 14.3. The van der Waals surface area contributed by atoms with Gasteiger partial charge in [0.25, 0.3) is 0 Å². The molecule has 2 aromatic heterocycles. The number of fused-ring (bicyclic) bond motifs is 3. The summed E-state index contributed by atoms with van der Waals surface area (Å²) in [6.45, 7) is 2.13. The molecule has 1 aliphatic carbocycles. The van der Waals surface area contributed by atoms with Crippen LogP contribution in [-0.2, 0) is 16.1 Å². The van der Waals surface area contributed by atoms with E-state index in [1.807, 2.05) is 0 Å². The molecule has 0 spiro atoms. The Morgan fingerprint density at radius 1 is 1.13 bits per heavy atom. The molecule has 2 bridgehead atoms. The van der Waals surface area contributed by atoms with Crippen LogP contribution in [0.2, 0.25) is 0 Å². The molecule has 0 amide bonds. The first-order valence-electron chi connectivity index (χ1n) is 13.7. The Morgan fingerprint density at radius 3 is 2.58 bits per heavy atom. The molecule has 7 rings (SSSR count). The van der Waals surface area contributed by atoms with Gasteiger partial charge in [0.1, 0.15) is 5.76 Å². The summed E-state index contributed by atoms with van der Waals surface area (Å²) in [7, 11) is 0. The Morgan fingerprint density at radius 2 is 1.89 bits per heavy atom. The molecule has 9 heteroatoms. The van der Waals surface area contributed by atoms with Crippen molar-refractivity contribution >= 4 is 32.7 Å². The van der Waals surface area contributed by atoms with Gasteiger partial charge in [-0.25, -0.2) is 9.78 Å². The van der Waals surface area contributed by atoms with E-state index in [0.717, 1.165) is 78.5 Å². The van der Waals surface area contributed by atoms with Gasteiger partial charge in [-0.2, -0.15) is 0 Å². The van der Waals surface area contributed by atoms with Gasteiger partial charge < -0.3 is 24.0 Å². The quantitative estimate of drug-likeness (QED) is 0.400. The van der Waals surface area contributed by atoms with Gasteiger partial charge in [0.15, 0.2) is 5.13 Å². The summed E-state index contributed by atoms with van der Waals surface area (Å²) in [6, 6.07) is 3.93. The van der Waals surface area contributed by atoms with Crippen molar-refractivity contribution < 1.29 is 23.9 Å². The Hall–Kier alpha value is -2.93. The van der Waals surface area contributed by atoms with E-state index < -0.39 is 5.97 Å². The molecular formula is C29H31N3O5S. The fourth-order valence-corrected chi connectivity index (χ4v) is 7.75. The SMILES string of the molecule is C#Cc1cc(C(=O)O)cc2sc(N3C4CCC3CC(OCc3c(C5CCOCC5)noc3C3CC3)C4)nc12. The highest BCUT2D eigenvalue weighted by atomic mass is 32.1. The van der Waals surface area contributed by atoms with Gasteiger partial charge in [-0.1, -0.05) is 22.4 Å². The molecule has 1 N–H and O–H groups in total. The number of piperidine rings is 1. The zero-order valence-electron chi connectivity index (χ0n) is 21.2. The molecule has 3 aromatic rings. The zero-order valence-corrected chi connectivity index (χ0v) is 22.0. The van der Waals surface area contributed by atoms with Crippen LogP contribution in [0.15, 0.2) is 16.7 Å². The second-order valence-corrected chi connectivity index (χ2v) is 12.1. The van der Waals surface area contributed by atoms with Crippen molar-refractivity contribution in [2.45, 2.75) is 88.0 Å². The molecule has 3 aliphatic heterocycles. The number of carbonyl (C=O) groups is 1. The maximum atomic E-state index is 11.6. The number of carboxylic acid groups (broad SMARTS) is 1. The fourth-order valence-electron chi connectivity index (χ4n) is 6.58. The lowest BCUT2D eigenvalue weighted by molar-refractivity contribution is 0.0137. The minimum absolute atomic E-state index is 0.183. The standard InChI is InChI=1S/C29H31N3O5S/c1-2-16-11-19(28(33)34)12-24-26(16)30-29(38-24)32-20-5-6-21(32)14-22(13-20)36-15-23-25(17-7-9-35-10-8-17)31-37-27(23)18-3-4-18/h1,11-12,17-18,20-22H,3-10,13-15H2,(H,33,34). The van der Waals surface area contributed by atoms with E-state index in [9.17, 15) is 9.90 Å². The molecule has 2 atom stereocenters. The van der Waals surface area contributed by atoms with Crippen LogP contribution in [0, 0.1) is 12.3 Å². The van der Waals surface area contributed by atoms with E-state index in [0.29, 0.717) is 36.1 Å². The van der Waals surface area contributed by atoms with E-state index in [1.54, 1.807) is 6.07 Å². The molecule has 8 nitrogen and oxygen atoms in total. The predicted octanol–water partition coefficient (Wildman–Crippen LogP) is 5.45. The van der Waals surface area contributed by atoms with Gasteiger partial charge in [-0.05, 0) is 63.5 Å². The number of carboxylic acids is 1. The van der Waals surface area contributed by atoms with Crippen LogP contribution in [0.5, 0.6) is 0 Å². The number of rotatable bonds is 7. The second-order valence-electron chi connectivity index (χ2n) is 11.1. The average molecular weight is 534 g/mol. The lowest BCUT2D eigenvalue weighted by atomic mass is 9.92. The third kappa shape index (κ3) is 4.29. The van der Waals surface area contributed by atoms with Gasteiger partial charge in [0.05, 0.1) is 39.7 Å². The average Bonchev–Trinajstić information content (AvgIpc) is 3.44. The van der Waals surface area contributed by atoms with Crippen molar-refractivity contribution in [2.75, 3.05) is 18.1 Å². The summed E-state index contributed by atoms with van der Waals surface area (Å²) in [5.41, 5.74) is 3.74. The van der Waals surface area contributed by atoms with Crippen LogP contribution in [0.1, 0.15) is 96.1 Å². The molecular weight excluding hydrogens is 502 g/mol. The number of aromatic carboxylic acids is 1. The van der Waals surface area contributed by atoms with Crippen LogP contribution in [-0.4, -0.2) is 52.6 Å². The molecule has 0 radical (unpaired) electrons. The van der Waals surface area contributed by atoms with Gasteiger partial charge >= 0.3 is 5.97 Å². The Balaban J connectivity index is 1.08. The number of ether oxygens (including phenoxy) is 2. The third-order valence-corrected chi connectivity index (χ3v) is 9.68. The fraction of sp³-hybridized carbons (Fsp3) is 0.552. The molecule has 38 heavy (non-hydrogen) atoms. The van der Waals surface area contributed by atoms with Gasteiger partial charge in [-0.15, -0.1) is 6.42 Å². The lowest BCUT2D eigenvalue weighted by Gasteiger charge is -2.38. The highest BCUT2D eigenvalue weighted by molar-refractivity contribution is 7.22. The minimum Gasteiger partial charge on any atom is -0.478 e. The molecule has 1 saturated carbocycles. The van der Waals surface area contributed by atoms with Crippen molar-refractivity contribution in [2.24, 2.45) is 0 Å². The smallest absolute Gasteiger partial charge is 0.335 e. The Kier molecular flexibility index (Phi) is 6.14. The predicted molar refractivity (Wildman–Crippen MR) is 143 cm³/mol. The third-order valence-electron chi connectivity index (χ3n) is 8.67. The first-order chi connectivity index (χ1) is 18.6. The van der Waals surface area contributed by atoms with Crippen molar-refractivity contribution in [1.82, 2.24) is 10.1 Å². The summed E-state index contributed by atoms with van der Waals surface area (Å²) in [4.78, 5) is 18.9. The van der Waals surface area contributed by atoms with Gasteiger partial charge in [-0.3, -0.25) is 0 Å². The molecule has 198 valence electrons. The number of benzene rings is 1. The van der Waals surface area contributed by atoms with Crippen LogP contribution < -0.4 is 4.90 Å². The minimum atomic E-state index is -0.978. The van der Waals surface area contributed by atoms with E-state index in [4.69, 9.17) is 25.4 Å². The summed E-state index contributed by atoms with van der Waals surface area (Å²) >= 11 is 1.54. The van der Waals surface area contributed by atoms with Crippen LogP contribution in [0.4, 0.5) is 5.13 Å². The Labute approximate surface area is 225 Å². The van der Waals surface area contributed by atoms with Gasteiger partial charge in [0, 0.05) is 42.7 Å². The number of nitrogens with zero attached hydrogens (tertiary/aromatic N) is 3. The van der Waals surface area contributed by atoms with E-state index in [2.05, 4.69) is 16.0 Å². The molecule has 4 aliphatic rings. The number of anilines is 1. The lowest BCUT2D eigenvalue weighted by Crippen LogP contribution is -2.45. The number of aromatic nitrogens is 2.